The van der Waals surface area contributed by atoms with Gasteiger partial charge in [0.05, 0.1) is 27.6 Å². The third-order valence-electron chi connectivity index (χ3n) is 11.5. The Bertz CT molecular complexity index is 3500. The molecular formula is C53H34N6. The van der Waals surface area contributed by atoms with Crippen molar-refractivity contribution in [2.45, 2.75) is 0 Å². The van der Waals surface area contributed by atoms with Crippen molar-refractivity contribution in [3.8, 4) is 56.7 Å². The lowest BCUT2D eigenvalue weighted by Gasteiger charge is -2.13. The van der Waals surface area contributed by atoms with Crippen LogP contribution in [0.5, 0.6) is 0 Å². The number of imidazole rings is 1. The van der Waals surface area contributed by atoms with Crippen LogP contribution in [0.3, 0.4) is 0 Å². The molecule has 4 heterocycles. The lowest BCUT2D eigenvalue weighted by atomic mass is 10.0. The normalized spacial score (nSPS) is 11.7. The van der Waals surface area contributed by atoms with E-state index in [0.717, 1.165) is 55.8 Å². The average Bonchev–Trinajstić information content (AvgIpc) is 3.95. The Labute approximate surface area is 339 Å². The van der Waals surface area contributed by atoms with E-state index in [9.17, 15) is 0 Å². The van der Waals surface area contributed by atoms with Crippen LogP contribution in [0.15, 0.2) is 206 Å². The minimum atomic E-state index is 0.606. The van der Waals surface area contributed by atoms with Crippen molar-refractivity contribution in [2.75, 3.05) is 0 Å². The molecule has 0 spiro atoms. The van der Waals surface area contributed by atoms with Gasteiger partial charge in [-0.25, -0.2) is 15.0 Å². The Hall–Kier alpha value is -8.09. The molecule has 0 N–H and O–H groups in total. The van der Waals surface area contributed by atoms with Gasteiger partial charge in [0.2, 0.25) is 0 Å². The molecule has 0 unspecified atom stereocenters. The van der Waals surface area contributed by atoms with Gasteiger partial charge in [0.25, 0.3) is 0 Å². The van der Waals surface area contributed by atoms with Gasteiger partial charge >= 0.3 is 0 Å². The van der Waals surface area contributed by atoms with Crippen LogP contribution < -0.4 is 0 Å². The van der Waals surface area contributed by atoms with Gasteiger partial charge in [-0.1, -0.05) is 152 Å². The summed E-state index contributed by atoms with van der Waals surface area (Å²) in [5.41, 5.74) is 14.0. The fraction of sp³-hybridized carbons (Fsp3) is 0. The number of hydrogen-bond donors (Lipinski definition) is 0. The van der Waals surface area contributed by atoms with E-state index in [-0.39, 0.29) is 0 Å². The maximum atomic E-state index is 5.25. The molecule has 6 heteroatoms. The summed E-state index contributed by atoms with van der Waals surface area (Å²) in [4.78, 5) is 15.5. The zero-order valence-electron chi connectivity index (χ0n) is 31.8. The molecule has 0 aliphatic heterocycles. The predicted octanol–water partition coefficient (Wildman–Crippen LogP) is 13.0. The highest BCUT2D eigenvalue weighted by atomic mass is 15.1. The molecule has 0 saturated heterocycles. The van der Waals surface area contributed by atoms with Crippen molar-refractivity contribution in [3.63, 3.8) is 0 Å². The van der Waals surface area contributed by atoms with Crippen molar-refractivity contribution in [2.24, 2.45) is 0 Å². The minimum Gasteiger partial charge on any atom is -0.309 e. The van der Waals surface area contributed by atoms with Crippen LogP contribution in [-0.2, 0) is 0 Å². The quantitative estimate of drug-likeness (QED) is 0.170. The summed E-state index contributed by atoms with van der Waals surface area (Å²) < 4.78 is 7.11. The summed E-state index contributed by atoms with van der Waals surface area (Å²) >= 11 is 0. The SMILES string of the molecule is c1ccc(-c2nc(-c3cccc(-n4c5ccccc5c5ccccc54)c3)nc(-c3cccc(-n4c5ccccc5n5c6ccccc6c(-c6ccccc6)c45)c3)n2)cc1. The van der Waals surface area contributed by atoms with Crippen LogP contribution >= 0.6 is 0 Å². The highest BCUT2D eigenvalue weighted by Gasteiger charge is 2.23. The maximum Gasteiger partial charge on any atom is 0.164 e. The van der Waals surface area contributed by atoms with Crippen molar-refractivity contribution >= 4 is 49.4 Å². The largest absolute Gasteiger partial charge is 0.309 e. The molecule has 59 heavy (non-hydrogen) atoms. The second kappa shape index (κ2) is 13.3. The smallest absolute Gasteiger partial charge is 0.164 e. The Morgan fingerprint density at radius 1 is 0.288 bits per heavy atom. The fourth-order valence-electron chi connectivity index (χ4n) is 8.91. The lowest BCUT2D eigenvalue weighted by Crippen LogP contribution is -2.02. The Balaban J connectivity index is 1.07. The first-order chi connectivity index (χ1) is 29.3. The molecule has 6 nitrogen and oxygen atoms in total. The summed E-state index contributed by atoms with van der Waals surface area (Å²) in [6, 6.07) is 72.5. The summed E-state index contributed by atoms with van der Waals surface area (Å²) in [6.07, 6.45) is 0. The van der Waals surface area contributed by atoms with Crippen LogP contribution in [0.25, 0.3) is 106 Å². The zero-order chi connectivity index (χ0) is 38.9. The highest BCUT2D eigenvalue weighted by Crippen LogP contribution is 2.41. The topological polar surface area (TPSA) is 52.9 Å². The van der Waals surface area contributed by atoms with E-state index in [4.69, 9.17) is 15.0 Å². The molecule has 0 atom stereocenters. The van der Waals surface area contributed by atoms with E-state index in [2.05, 4.69) is 202 Å². The molecule has 12 aromatic rings. The van der Waals surface area contributed by atoms with Crippen LogP contribution in [0.2, 0.25) is 0 Å². The molecule has 0 bridgehead atoms. The molecule has 276 valence electrons. The Morgan fingerprint density at radius 2 is 0.712 bits per heavy atom. The van der Waals surface area contributed by atoms with E-state index in [1.54, 1.807) is 0 Å². The first-order valence-electron chi connectivity index (χ1n) is 19.9. The molecular weight excluding hydrogens is 721 g/mol. The molecule has 0 radical (unpaired) electrons. The third-order valence-corrected chi connectivity index (χ3v) is 11.5. The van der Waals surface area contributed by atoms with Gasteiger partial charge in [0, 0.05) is 49.8 Å². The van der Waals surface area contributed by atoms with E-state index in [1.165, 1.54) is 32.8 Å². The van der Waals surface area contributed by atoms with Gasteiger partial charge < -0.3 is 4.57 Å². The monoisotopic (exact) mass is 754 g/mol. The van der Waals surface area contributed by atoms with Crippen molar-refractivity contribution in [1.29, 1.82) is 0 Å². The van der Waals surface area contributed by atoms with Gasteiger partial charge in [-0.3, -0.25) is 8.97 Å². The summed E-state index contributed by atoms with van der Waals surface area (Å²) in [5, 5.41) is 3.65. The van der Waals surface area contributed by atoms with Crippen molar-refractivity contribution in [3.05, 3.63) is 206 Å². The second-order valence-corrected chi connectivity index (χ2v) is 14.9. The van der Waals surface area contributed by atoms with E-state index >= 15 is 0 Å². The van der Waals surface area contributed by atoms with E-state index < -0.39 is 0 Å². The van der Waals surface area contributed by atoms with Crippen molar-refractivity contribution < 1.29 is 0 Å². The number of hydrogen-bond acceptors (Lipinski definition) is 3. The summed E-state index contributed by atoms with van der Waals surface area (Å²) in [7, 11) is 0. The fourth-order valence-corrected chi connectivity index (χ4v) is 8.91. The number of para-hydroxylation sites is 5. The maximum absolute atomic E-state index is 5.25. The number of rotatable bonds is 6. The molecule has 4 aromatic heterocycles. The van der Waals surface area contributed by atoms with Gasteiger partial charge in [-0.2, -0.15) is 0 Å². The molecule has 0 aliphatic carbocycles. The first kappa shape index (κ1) is 33.1. The van der Waals surface area contributed by atoms with Gasteiger partial charge in [-0.15, -0.1) is 0 Å². The first-order valence-corrected chi connectivity index (χ1v) is 19.9. The number of aromatic nitrogens is 6. The van der Waals surface area contributed by atoms with Gasteiger partial charge in [0.15, 0.2) is 17.5 Å². The predicted molar refractivity (Wildman–Crippen MR) is 241 cm³/mol. The highest BCUT2D eigenvalue weighted by molar-refractivity contribution is 6.10. The zero-order valence-corrected chi connectivity index (χ0v) is 31.8. The summed E-state index contributed by atoms with van der Waals surface area (Å²) in [6.45, 7) is 0. The number of benzene rings is 8. The molecule has 0 aliphatic rings. The Morgan fingerprint density at radius 3 is 1.31 bits per heavy atom. The van der Waals surface area contributed by atoms with Crippen LogP contribution in [-0.4, -0.2) is 28.5 Å². The lowest BCUT2D eigenvalue weighted by molar-refractivity contribution is 1.07. The summed E-state index contributed by atoms with van der Waals surface area (Å²) in [5.74, 6) is 1.84. The van der Waals surface area contributed by atoms with E-state index in [1.807, 2.05) is 18.2 Å². The number of fused-ring (bicyclic) bond motifs is 8. The molecule has 8 aromatic carbocycles. The van der Waals surface area contributed by atoms with Crippen LogP contribution in [0, 0.1) is 0 Å². The Kier molecular flexibility index (Phi) is 7.43. The standard InChI is InChI=1S/C53H34N6/c1-3-17-35(18-4-1)49-43-27-9-12-30-46(43)59-48-32-14-13-31-47(48)58(53(49)59)40-24-16-22-38(34-40)52-55-50(36-19-5-2-6-20-36)54-51(56-52)37-21-15-23-39(33-37)57-44-28-10-7-25-41(44)42-26-8-11-29-45(42)57/h1-34H. The third kappa shape index (κ3) is 5.24. The number of nitrogens with zero attached hydrogens (tertiary/aromatic N) is 6. The molecule has 12 rings (SSSR count). The minimum absolute atomic E-state index is 0.606. The van der Waals surface area contributed by atoms with Gasteiger partial charge in [-0.05, 0) is 60.2 Å². The average molecular weight is 755 g/mol. The molecule has 0 fully saturated rings. The van der Waals surface area contributed by atoms with Crippen LogP contribution in [0.4, 0.5) is 0 Å². The van der Waals surface area contributed by atoms with E-state index in [0.29, 0.717) is 17.5 Å². The second-order valence-electron chi connectivity index (χ2n) is 14.9. The molecule has 0 amide bonds. The molecule has 0 saturated carbocycles. The van der Waals surface area contributed by atoms with Crippen LogP contribution in [0.1, 0.15) is 0 Å². The van der Waals surface area contributed by atoms with Crippen molar-refractivity contribution in [1.82, 2.24) is 28.5 Å². The van der Waals surface area contributed by atoms with Gasteiger partial charge in [0.1, 0.15) is 5.65 Å².